The van der Waals surface area contributed by atoms with Crippen molar-refractivity contribution in [2.24, 2.45) is 5.73 Å². The van der Waals surface area contributed by atoms with Crippen molar-refractivity contribution < 1.29 is 8.42 Å². The number of hydrogen-bond acceptors (Lipinski definition) is 3. The first-order valence-corrected chi connectivity index (χ1v) is 7.29. The second-order valence-electron chi connectivity index (χ2n) is 4.24. The number of sulfonamides is 1. The van der Waals surface area contributed by atoms with Gasteiger partial charge in [0, 0.05) is 19.6 Å². The van der Waals surface area contributed by atoms with Crippen LogP contribution in [0.2, 0.25) is 0 Å². The lowest BCUT2D eigenvalue weighted by molar-refractivity contribution is 0.453. The van der Waals surface area contributed by atoms with Crippen molar-refractivity contribution in [1.29, 1.82) is 0 Å². The molecule has 0 aliphatic heterocycles. The van der Waals surface area contributed by atoms with Gasteiger partial charge in [-0.25, -0.2) is 8.42 Å². The Morgan fingerprint density at radius 3 is 2.61 bits per heavy atom. The van der Waals surface area contributed by atoms with Crippen LogP contribution < -0.4 is 5.73 Å². The Morgan fingerprint density at radius 1 is 1.44 bits per heavy atom. The van der Waals surface area contributed by atoms with Crippen molar-refractivity contribution in [3.05, 3.63) is 42.0 Å². The van der Waals surface area contributed by atoms with Crippen molar-refractivity contribution in [3.63, 3.8) is 0 Å². The lowest BCUT2D eigenvalue weighted by Crippen LogP contribution is -2.32. The van der Waals surface area contributed by atoms with Crippen molar-refractivity contribution in [1.82, 2.24) is 4.31 Å². The summed E-state index contributed by atoms with van der Waals surface area (Å²) in [6, 6.07) is 6.74. The molecule has 0 aliphatic carbocycles. The topological polar surface area (TPSA) is 63.4 Å². The molecule has 0 amide bonds. The molecule has 0 aliphatic rings. The molecule has 1 aromatic carbocycles. The van der Waals surface area contributed by atoms with Gasteiger partial charge >= 0.3 is 0 Å². The van der Waals surface area contributed by atoms with Gasteiger partial charge in [-0.2, -0.15) is 4.31 Å². The van der Waals surface area contributed by atoms with E-state index in [1.807, 2.05) is 19.9 Å². The van der Waals surface area contributed by atoms with Crippen molar-refractivity contribution in [2.75, 3.05) is 13.1 Å². The summed E-state index contributed by atoms with van der Waals surface area (Å²) in [6.07, 6.45) is 0. The van der Waals surface area contributed by atoms with Gasteiger partial charge in [0.05, 0.1) is 4.90 Å². The number of hydrogen-bond donors (Lipinski definition) is 1. The number of nitrogens with zero attached hydrogens (tertiary/aromatic N) is 1. The Hall–Kier alpha value is -1.17. The quantitative estimate of drug-likeness (QED) is 0.799. The van der Waals surface area contributed by atoms with Gasteiger partial charge in [0.25, 0.3) is 0 Å². The second-order valence-corrected chi connectivity index (χ2v) is 6.18. The van der Waals surface area contributed by atoms with Crippen molar-refractivity contribution in [2.45, 2.75) is 25.3 Å². The van der Waals surface area contributed by atoms with Crippen LogP contribution in [0.4, 0.5) is 0 Å². The lowest BCUT2D eigenvalue weighted by atomic mass is 10.2. The third-order valence-electron chi connectivity index (χ3n) is 2.57. The highest BCUT2D eigenvalue weighted by molar-refractivity contribution is 7.89. The third-order valence-corrected chi connectivity index (χ3v) is 4.49. The van der Waals surface area contributed by atoms with Crippen LogP contribution in [0.3, 0.4) is 0 Å². The Kier molecular flexibility index (Phi) is 5.07. The first-order chi connectivity index (χ1) is 8.41. The molecule has 0 saturated heterocycles. The first-order valence-electron chi connectivity index (χ1n) is 5.85. The van der Waals surface area contributed by atoms with E-state index in [4.69, 9.17) is 5.73 Å². The number of nitrogens with two attached hydrogens (primary N) is 1. The van der Waals surface area contributed by atoms with Crippen LogP contribution in [0.15, 0.2) is 41.3 Å². The zero-order valence-electron chi connectivity index (χ0n) is 10.9. The van der Waals surface area contributed by atoms with E-state index in [0.717, 1.165) is 11.1 Å². The fraction of sp³-hybridized carbons (Fsp3) is 0.385. The monoisotopic (exact) mass is 268 g/mol. The standard InChI is InChI=1S/C13H20N2O2S/c1-4-15(10-11(2)3)18(16,17)13-7-5-6-12(8-13)9-14/h5-8H,2,4,9-10,14H2,1,3H3. The fourth-order valence-corrected chi connectivity index (χ4v) is 3.23. The van der Waals surface area contributed by atoms with Crippen LogP contribution >= 0.6 is 0 Å². The van der Waals surface area contributed by atoms with E-state index in [9.17, 15) is 8.42 Å². The number of benzene rings is 1. The highest BCUT2D eigenvalue weighted by Crippen LogP contribution is 2.17. The average Bonchev–Trinajstić information content (AvgIpc) is 2.35. The molecule has 0 bridgehead atoms. The van der Waals surface area contributed by atoms with E-state index in [1.165, 1.54) is 4.31 Å². The van der Waals surface area contributed by atoms with Crippen LogP contribution in [-0.2, 0) is 16.6 Å². The lowest BCUT2D eigenvalue weighted by Gasteiger charge is -2.20. The van der Waals surface area contributed by atoms with E-state index in [1.54, 1.807) is 18.2 Å². The summed E-state index contributed by atoms with van der Waals surface area (Å²) in [7, 11) is -3.46. The minimum atomic E-state index is -3.46. The van der Waals surface area contributed by atoms with Gasteiger partial charge in [-0.1, -0.05) is 31.2 Å². The maximum atomic E-state index is 12.4. The molecule has 0 spiro atoms. The molecule has 1 aromatic rings. The highest BCUT2D eigenvalue weighted by atomic mass is 32.2. The molecule has 1 rings (SSSR count). The molecule has 2 N–H and O–H groups in total. The van der Waals surface area contributed by atoms with Gasteiger partial charge in [0.15, 0.2) is 0 Å². The molecule has 0 unspecified atom stereocenters. The average molecular weight is 268 g/mol. The Morgan fingerprint density at radius 2 is 2.11 bits per heavy atom. The predicted octanol–water partition coefficient (Wildman–Crippen LogP) is 1.73. The minimum absolute atomic E-state index is 0.286. The molecule has 0 aromatic heterocycles. The van der Waals surface area contributed by atoms with Gasteiger partial charge in [0.2, 0.25) is 10.0 Å². The summed E-state index contributed by atoms with van der Waals surface area (Å²) in [5, 5.41) is 0. The van der Waals surface area contributed by atoms with Crippen LogP contribution in [-0.4, -0.2) is 25.8 Å². The van der Waals surface area contributed by atoms with Crippen LogP contribution in [0.25, 0.3) is 0 Å². The van der Waals surface area contributed by atoms with E-state index in [0.29, 0.717) is 19.6 Å². The molecule has 4 nitrogen and oxygen atoms in total. The Labute approximate surface area is 109 Å². The molecule has 0 heterocycles. The van der Waals surface area contributed by atoms with E-state index >= 15 is 0 Å². The molecule has 0 saturated carbocycles. The summed E-state index contributed by atoms with van der Waals surface area (Å²) in [6.45, 7) is 8.47. The zero-order chi connectivity index (χ0) is 13.8. The Balaban J connectivity index is 3.14. The molecular weight excluding hydrogens is 248 g/mol. The smallest absolute Gasteiger partial charge is 0.243 e. The van der Waals surface area contributed by atoms with E-state index < -0.39 is 10.0 Å². The largest absolute Gasteiger partial charge is 0.326 e. The fourth-order valence-electron chi connectivity index (χ4n) is 1.65. The number of likely N-dealkylation sites (N-methyl/N-ethyl adjacent to an activating group) is 1. The summed E-state index contributed by atoms with van der Waals surface area (Å²) in [5.41, 5.74) is 7.15. The van der Waals surface area contributed by atoms with Gasteiger partial charge in [-0.15, -0.1) is 0 Å². The van der Waals surface area contributed by atoms with Gasteiger partial charge in [-0.05, 0) is 24.6 Å². The van der Waals surface area contributed by atoms with Crippen molar-refractivity contribution >= 4 is 10.0 Å². The minimum Gasteiger partial charge on any atom is -0.326 e. The first kappa shape index (κ1) is 14.9. The zero-order valence-corrected chi connectivity index (χ0v) is 11.7. The molecule has 0 atom stereocenters. The molecule has 0 radical (unpaired) electrons. The molecule has 0 fully saturated rings. The maximum Gasteiger partial charge on any atom is 0.243 e. The van der Waals surface area contributed by atoms with Crippen LogP contribution in [0.5, 0.6) is 0 Å². The molecule has 5 heteroatoms. The highest BCUT2D eigenvalue weighted by Gasteiger charge is 2.22. The molecular formula is C13H20N2O2S. The van der Waals surface area contributed by atoms with Gasteiger partial charge < -0.3 is 5.73 Å². The number of rotatable bonds is 6. The summed E-state index contributed by atoms with van der Waals surface area (Å²) < 4.78 is 26.2. The Bertz CT molecular complexity index is 524. The van der Waals surface area contributed by atoms with Crippen LogP contribution in [0, 0.1) is 0 Å². The van der Waals surface area contributed by atoms with Gasteiger partial charge in [-0.3, -0.25) is 0 Å². The molecule has 18 heavy (non-hydrogen) atoms. The molecule has 100 valence electrons. The van der Waals surface area contributed by atoms with E-state index in [2.05, 4.69) is 6.58 Å². The maximum absolute atomic E-state index is 12.4. The van der Waals surface area contributed by atoms with Crippen molar-refractivity contribution in [3.8, 4) is 0 Å². The summed E-state index contributed by atoms with van der Waals surface area (Å²) >= 11 is 0. The SMILES string of the molecule is C=C(C)CN(CC)S(=O)(=O)c1cccc(CN)c1. The van der Waals surface area contributed by atoms with Gasteiger partial charge in [0.1, 0.15) is 0 Å². The third kappa shape index (κ3) is 3.41. The predicted molar refractivity (Wildman–Crippen MR) is 73.6 cm³/mol. The normalized spacial score (nSPS) is 11.8. The summed E-state index contributed by atoms with van der Waals surface area (Å²) in [4.78, 5) is 0.286. The summed E-state index contributed by atoms with van der Waals surface area (Å²) in [5.74, 6) is 0. The van der Waals surface area contributed by atoms with E-state index in [-0.39, 0.29) is 4.90 Å². The second kappa shape index (κ2) is 6.13. The van der Waals surface area contributed by atoms with Crippen LogP contribution in [0.1, 0.15) is 19.4 Å².